The van der Waals surface area contributed by atoms with Gasteiger partial charge >= 0.3 is 5.97 Å². The minimum Gasteiger partial charge on any atom is -0.457 e. The number of nitrogens with one attached hydrogen (secondary N) is 1. The molecule has 202 valence electrons. The van der Waals surface area contributed by atoms with E-state index in [0.717, 1.165) is 11.1 Å². The van der Waals surface area contributed by atoms with Gasteiger partial charge in [0.15, 0.2) is 6.10 Å². The minimum absolute atomic E-state index is 0.0337. The number of aliphatic hydroxyl groups is 2. The minimum atomic E-state index is -0.844. The highest BCUT2D eigenvalue weighted by Crippen LogP contribution is 2.60. The first-order valence-electron chi connectivity index (χ1n) is 13.5. The molecule has 1 saturated heterocycles. The van der Waals surface area contributed by atoms with Crippen molar-refractivity contribution < 1.29 is 29.2 Å². The predicted molar refractivity (Wildman–Crippen MR) is 137 cm³/mol. The summed E-state index contributed by atoms with van der Waals surface area (Å²) in [6, 6.07) is 3.92. The van der Waals surface area contributed by atoms with Gasteiger partial charge in [0.05, 0.1) is 18.3 Å². The molecule has 1 spiro atoms. The Morgan fingerprint density at radius 2 is 2.00 bits per heavy atom. The van der Waals surface area contributed by atoms with Crippen LogP contribution < -0.4 is 5.32 Å². The third-order valence-corrected chi connectivity index (χ3v) is 9.25. The van der Waals surface area contributed by atoms with Crippen molar-refractivity contribution in [2.75, 3.05) is 7.11 Å². The Morgan fingerprint density at radius 1 is 1.27 bits per heavy atom. The fourth-order valence-corrected chi connectivity index (χ4v) is 7.41. The average molecular weight is 513 g/mol. The number of aromatic nitrogens is 1. The zero-order chi connectivity index (χ0) is 26.5. The van der Waals surface area contributed by atoms with Crippen LogP contribution >= 0.6 is 0 Å². The maximum absolute atomic E-state index is 13.1. The molecule has 1 saturated carbocycles. The van der Waals surface area contributed by atoms with Gasteiger partial charge in [0.2, 0.25) is 0 Å². The van der Waals surface area contributed by atoms with E-state index in [-0.39, 0.29) is 41.7 Å². The van der Waals surface area contributed by atoms with Crippen molar-refractivity contribution >= 4 is 5.97 Å². The van der Waals surface area contributed by atoms with E-state index in [4.69, 9.17) is 14.2 Å². The van der Waals surface area contributed by atoms with E-state index in [1.165, 1.54) is 7.11 Å². The molecule has 2 aliphatic heterocycles. The topological polar surface area (TPSA) is 110 Å². The Hall–Kier alpha value is -2.10. The van der Waals surface area contributed by atoms with Crippen LogP contribution in [0.4, 0.5) is 0 Å². The summed E-state index contributed by atoms with van der Waals surface area (Å²) in [5.41, 5.74) is 1.35. The van der Waals surface area contributed by atoms with Gasteiger partial charge in [-0.1, -0.05) is 32.1 Å². The van der Waals surface area contributed by atoms with Crippen LogP contribution in [0.1, 0.15) is 39.7 Å². The fourth-order valence-electron chi connectivity index (χ4n) is 7.41. The second-order valence-electron chi connectivity index (χ2n) is 11.4. The van der Waals surface area contributed by atoms with E-state index in [0.29, 0.717) is 13.0 Å². The normalized spacial score (nSPS) is 45.4. The predicted octanol–water partition coefficient (Wildman–Crippen LogP) is 2.40. The van der Waals surface area contributed by atoms with E-state index >= 15 is 0 Å². The van der Waals surface area contributed by atoms with Gasteiger partial charge in [0, 0.05) is 61.7 Å². The lowest BCUT2D eigenvalue weighted by atomic mass is 9.57. The molecule has 8 nitrogen and oxygen atoms in total. The van der Waals surface area contributed by atoms with Crippen molar-refractivity contribution in [2.24, 2.45) is 29.6 Å². The van der Waals surface area contributed by atoms with Crippen LogP contribution in [0.3, 0.4) is 0 Å². The number of pyridine rings is 1. The lowest BCUT2D eigenvalue weighted by Crippen LogP contribution is -2.59. The Kier molecular flexibility index (Phi) is 7.33. The zero-order valence-corrected chi connectivity index (χ0v) is 22.3. The summed E-state index contributed by atoms with van der Waals surface area (Å²) in [5.74, 6) is -1.05. The molecule has 2 fully saturated rings. The van der Waals surface area contributed by atoms with Gasteiger partial charge in [-0.25, -0.2) is 4.79 Å². The molecule has 0 radical (unpaired) electrons. The Bertz CT molecular complexity index is 1040. The molecule has 4 bridgehead atoms. The second-order valence-corrected chi connectivity index (χ2v) is 11.4. The van der Waals surface area contributed by atoms with E-state index in [9.17, 15) is 15.0 Å². The largest absolute Gasteiger partial charge is 0.457 e. The van der Waals surface area contributed by atoms with E-state index < -0.39 is 36.0 Å². The van der Waals surface area contributed by atoms with E-state index in [1.54, 1.807) is 19.3 Å². The summed E-state index contributed by atoms with van der Waals surface area (Å²) in [6.07, 6.45) is 7.24. The number of hydrogen-bond acceptors (Lipinski definition) is 8. The highest BCUT2D eigenvalue weighted by Gasteiger charge is 2.68. The summed E-state index contributed by atoms with van der Waals surface area (Å²) in [7, 11) is 1.51. The van der Waals surface area contributed by atoms with Crippen LogP contribution in [0.25, 0.3) is 0 Å². The summed E-state index contributed by atoms with van der Waals surface area (Å²) in [4.78, 5) is 17.2. The highest BCUT2D eigenvalue weighted by molar-refractivity contribution is 5.75. The molecule has 37 heavy (non-hydrogen) atoms. The number of ether oxygens (including phenoxy) is 3. The van der Waals surface area contributed by atoms with Crippen molar-refractivity contribution in [3.63, 3.8) is 0 Å². The van der Waals surface area contributed by atoms with Gasteiger partial charge < -0.3 is 29.7 Å². The number of carbonyl (C=O) groups excluding carboxylic acids is 1. The number of hydrogen-bond donors (Lipinski definition) is 3. The third kappa shape index (κ3) is 4.36. The molecular formula is C29H40N2O6. The van der Waals surface area contributed by atoms with E-state index in [1.807, 2.05) is 19.1 Å². The molecule has 8 heteroatoms. The number of aliphatic hydroxyl groups excluding tert-OH is 2. The molecule has 1 aromatic heterocycles. The summed E-state index contributed by atoms with van der Waals surface area (Å²) >= 11 is 0. The number of methoxy groups -OCH3 is 1. The van der Waals surface area contributed by atoms with Gasteiger partial charge in [0.1, 0.15) is 11.7 Å². The first-order valence-corrected chi connectivity index (χ1v) is 13.5. The molecule has 0 amide bonds. The van der Waals surface area contributed by atoms with Gasteiger partial charge in [-0.15, -0.1) is 0 Å². The molecule has 0 unspecified atom stereocenters. The van der Waals surface area contributed by atoms with Crippen molar-refractivity contribution in [1.82, 2.24) is 10.3 Å². The highest BCUT2D eigenvalue weighted by atomic mass is 16.6. The lowest BCUT2D eigenvalue weighted by molar-refractivity contribution is -0.172. The van der Waals surface area contributed by atoms with Crippen LogP contribution in [0.5, 0.6) is 0 Å². The van der Waals surface area contributed by atoms with Gasteiger partial charge in [-0.2, -0.15) is 0 Å². The van der Waals surface area contributed by atoms with Crippen LogP contribution in [0.15, 0.2) is 48.3 Å². The van der Waals surface area contributed by atoms with Gasteiger partial charge in [-0.3, -0.25) is 4.98 Å². The number of rotatable bonds is 5. The zero-order valence-electron chi connectivity index (χ0n) is 22.3. The van der Waals surface area contributed by atoms with Crippen molar-refractivity contribution in [1.29, 1.82) is 0 Å². The molecule has 0 aromatic carbocycles. The van der Waals surface area contributed by atoms with Crippen molar-refractivity contribution in [3.8, 4) is 0 Å². The molecule has 5 rings (SSSR count). The Balaban J connectivity index is 1.55. The quantitative estimate of drug-likeness (QED) is 0.408. The second kappa shape index (κ2) is 10.2. The van der Waals surface area contributed by atoms with Crippen molar-refractivity contribution in [2.45, 2.75) is 82.8 Å². The number of esters is 1. The maximum Gasteiger partial charge on any atom is 0.335 e. The first kappa shape index (κ1) is 26.5. The standard InChI is InChI=1S/C29H40N2O6/c1-15-12-16(2)29-20(13-22(35-5)28(34)36-26(15)18(4)32)6-7-21-23(29)25(33)17(3)24(27(21)37-29)31-14-19-8-10-30-11-9-19/h6-12,15,17-18,20-27,31-33H,13-14H2,1-5H3/b16-12+/t15-,17+,18-,20-,21-,22+,23+,24+,25-,26+,27-,29+/m1/s1. The molecular weight excluding hydrogens is 472 g/mol. The van der Waals surface area contributed by atoms with Crippen LogP contribution in [0.2, 0.25) is 0 Å². The summed E-state index contributed by atoms with van der Waals surface area (Å²) in [5, 5.41) is 25.9. The Labute approximate surface area is 219 Å². The third-order valence-electron chi connectivity index (χ3n) is 9.25. The molecule has 4 aliphatic rings. The Morgan fingerprint density at radius 3 is 2.68 bits per heavy atom. The maximum atomic E-state index is 13.1. The molecule has 3 N–H and O–H groups in total. The number of carbonyl (C=O) groups is 1. The SMILES string of the molecule is CO[C@H]1C[C@H]2C=C[C@H]3[C@H]4O[C@]2(/C(C)=C/[C@@H](C)[C@@H]([C@@H](C)O)OC1=O)[C@@H]3[C@H](O)[C@@H](C)[C@@H]4NCc1ccncc1. The van der Waals surface area contributed by atoms with E-state index in [2.05, 4.69) is 42.4 Å². The molecule has 2 aliphatic carbocycles. The smallest absolute Gasteiger partial charge is 0.335 e. The van der Waals surface area contributed by atoms with Gasteiger partial charge in [0.25, 0.3) is 0 Å². The molecule has 12 atom stereocenters. The lowest BCUT2D eigenvalue weighted by Gasteiger charge is -2.49. The number of nitrogens with zero attached hydrogens (tertiary/aromatic N) is 1. The van der Waals surface area contributed by atoms with Gasteiger partial charge in [-0.05, 0) is 43.5 Å². The van der Waals surface area contributed by atoms with Crippen LogP contribution in [-0.2, 0) is 25.5 Å². The fraction of sp³-hybridized carbons (Fsp3) is 0.655. The average Bonchev–Trinajstić information content (AvgIpc) is 3.07. The van der Waals surface area contributed by atoms with Crippen molar-refractivity contribution in [3.05, 3.63) is 53.9 Å². The monoisotopic (exact) mass is 512 g/mol. The first-order chi connectivity index (χ1) is 17.7. The summed E-state index contributed by atoms with van der Waals surface area (Å²) in [6.45, 7) is 8.38. The summed E-state index contributed by atoms with van der Waals surface area (Å²) < 4.78 is 18.5. The molecule has 1 aromatic rings. The van der Waals surface area contributed by atoms with Crippen LogP contribution in [-0.4, -0.2) is 70.4 Å². The van der Waals surface area contributed by atoms with Crippen LogP contribution in [0, 0.1) is 29.6 Å². The molecule has 3 heterocycles. The number of cyclic esters (lactones) is 1.